The number of hydrogen-bond donors (Lipinski definition) is 3. The molecule has 0 fully saturated rings. The highest BCUT2D eigenvalue weighted by atomic mass is 127. The van der Waals surface area contributed by atoms with Crippen molar-refractivity contribution in [3.8, 4) is 0 Å². The molecule has 0 saturated heterocycles. The third-order valence-electron chi connectivity index (χ3n) is 1.90. The Labute approximate surface area is 95.4 Å². The van der Waals surface area contributed by atoms with Gasteiger partial charge in [0.1, 0.15) is 0 Å². The van der Waals surface area contributed by atoms with E-state index in [0.717, 1.165) is 9.13 Å². The van der Waals surface area contributed by atoms with E-state index in [1.54, 1.807) is 12.1 Å². The first kappa shape index (κ1) is 11.4. The van der Waals surface area contributed by atoms with Crippen LogP contribution < -0.4 is 11.5 Å². The molecule has 5 N–H and O–H groups in total. The minimum atomic E-state index is -0.934. The van der Waals surface area contributed by atoms with Gasteiger partial charge in [-0.3, -0.25) is 0 Å². The molecule has 0 amide bonds. The fourth-order valence-corrected chi connectivity index (χ4v) is 2.00. The molecule has 76 valence electrons. The molecule has 0 heterocycles. The van der Waals surface area contributed by atoms with E-state index in [1.807, 2.05) is 0 Å². The van der Waals surface area contributed by atoms with Crippen LogP contribution in [-0.2, 0) is 0 Å². The first-order chi connectivity index (χ1) is 6.56. The number of rotatable bonds is 3. The molecule has 0 aliphatic rings. The summed E-state index contributed by atoms with van der Waals surface area (Å²) < 4.78 is 0.834. The highest BCUT2D eigenvalue weighted by molar-refractivity contribution is 14.1. The van der Waals surface area contributed by atoms with Crippen molar-refractivity contribution in [2.24, 2.45) is 11.5 Å². The molecular weight excluding hydrogens is 295 g/mol. The monoisotopic (exact) mass is 306 g/mol. The molecule has 1 aromatic rings. The molecule has 4 nitrogen and oxygen atoms in total. The Morgan fingerprint density at radius 2 is 2.21 bits per heavy atom. The number of carbonyl (C=O) groups is 1. The number of aromatic carboxylic acids is 1. The van der Waals surface area contributed by atoms with Crippen molar-refractivity contribution in [2.75, 3.05) is 6.54 Å². The maximum absolute atomic E-state index is 10.6. The van der Waals surface area contributed by atoms with Crippen molar-refractivity contribution in [3.63, 3.8) is 0 Å². The van der Waals surface area contributed by atoms with Crippen molar-refractivity contribution < 1.29 is 9.90 Å². The summed E-state index contributed by atoms with van der Waals surface area (Å²) in [4.78, 5) is 10.6. The van der Waals surface area contributed by atoms with Crippen LogP contribution >= 0.6 is 22.6 Å². The quantitative estimate of drug-likeness (QED) is 0.725. The zero-order valence-electron chi connectivity index (χ0n) is 7.40. The fraction of sp³-hybridized carbons (Fsp3) is 0.222. The summed E-state index contributed by atoms with van der Waals surface area (Å²) in [5.74, 6) is -0.934. The smallest absolute Gasteiger partial charge is 0.335 e. The van der Waals surface area contributed by atoms with Gasteiger partial charge in [-0.2, -0.15) is 0 Å². The zero-order chi connectivity index (χ0) is 10.7. The number of carboxylic acids is 1. The summed E-state index contributed by atoms with van der Waals surface area (Å²) in [6, 6.07) is 4.61. The minimum Gasteiger partial charge on any atom is -0.478 e. The number of hydrogen-bond acceptors (Lipinski definition) is 3. The zero-order valence-corrected chi connectivity index (χ0v) is 9.56. The van der Waals surface area contributed by atoms with Gasteiger partial charge in [0.15, 0.2) is 0 Å². The van der Waals surface area contributed by atoms with Crippen LogP contribution in [0.25, 0.3) is 0 Å². The molecule has 0 aliphatic carbocycles. The lowest BCUT2D eigenvalue weighted by Crippen LogP contribution is -2.21. The molecule has 0 spiro atoms. The van der Waals surface area contributed by atoms with Gasteiger partial charge in [0.2, 0.25) is 0 Å². The predicted octanol–water partition coefficient (Wildman–Crippen LogP) is 0.948. The predicted molar refractivity (Wildman–Crippen MR) is 62.1 cm³/mol. The molecule has 0 aliphatic heterocycles. The lowest BCUT2D eigenvalue weighted by Gasteiger charge is -2.11. The van der Waals surface area contributed by atoms with Gasteiger partial charge in [-0.25, -0.2) is 4.79 Å². The van der Waals surface area contributed by atoms with Gasteiger partial charge < -0.3 is 16.6 Å². The maximum atomic E-state index is 10.6. The normalized spacial score (nSPS) is 12.5. The minimum absolute atomic E-state index is 0.232. The number of nitrogens with two attached hydrogens (primary N) is 2. The van der Waals surface area contributed by atoms with Crippen LogP contribution in [0, 0.1) is 3.57 Å². The molecule has 0 bridgehead atoms. The molecule has 1 unspecified atom stereocenters. The van der Waals surface area contributed by atoms with Gasteiger partial charge >= 0.3 is 5.97 Å². The molecule has 1 rings (SSSR count). The summed E-state index contributed by atoms with van der Waals surface area (Å²) in [6.45, 7) is 0.350. The SMILES string of the molecule is NCC(N)c1ccc(C(=O)O)cc1I. The standard InChI is InChI=1S/C9H11IN2O2/c10-7-3-5(9(13)14)1-2-6(7)8(12)4-11/h1-3,8H,4,11-12H2,(H,13,14). The molecule has 0 aromatic heterocycles. The third kappa shape index (κ3) is 2.43. The van der Waals surface area contributed by atoms with Crippen LogP contribution in [0.5, 0.6) is 0 Å². The Bertz CT molecular complexity index is 355. The van der Waals surface area contributed by atoms with E-state index >= 15 is 0 Å². The molecule has 0 radical (unpaired) electrons. The van der Waals surface area contributed by atoms with Crippen LogP contribution in [0.2, 0.25) is 0 Å². The summed E-state index contributed by atoms with van der Waals surface area (Å²) >= 11 is 2.06. The summed E-state index contributed by atoms with van der Waals surface area (Å²) in [5, 5.41) is 8.74. The Morgan fingerprint density at radius 1 is 1.57 bits per heavy atom. The fourth-order valence-electron chi connectivity index (χ4n) is 1.09. The van der Waals surface area contributed by atoms with Crippen LogP contribution in [0.3, 0.4) is 0 Å². The highest BCUT2D eigenvalue weighted by Crippen LogP contribution is 2.19. The number of carboxylic acid groups (broad SMARTS) is 1. The lowest BCUT2D eigenvalue weighted by atomic mass is 10.1. The summed E-state index contributed by atoms with van der Waals surface area (Å²) in [5.41, 5.74) is 12.3. The van der Waals surface area contributed by atoms with Crippen LogP contribution in [0.1, 0.15) is 22.0 Å². The van der Waals surface area contributed by atoms with Gasteiger partial charge in [-0.1, -0.05) is 6.07 Å². The van der Waals surface area contributed by atoms with Gasteiger partial charge in [0, 0.05) is 16.2 Å². The van der Waals surface area contributed by atoms with Gasteiger partial charge in [-0.05, 0) is 40.3 Å². The molecule has 1 aromatic carbocycles. The van der Waals surface area contributed by atoms with Crippen molar-refractivity contribution in [1.82, 2.24) is 0 Å². The lowest BCUT2D eigenvalue weighted by molar-refractivity contribution is 0.0697. The van der Waals surface area contributed by atoms with Gasteiger partial charge in [0.25, 0.3) is 0 Å². The van der Waals surface area contributed by atoms with E-state index in [-0.39, 0.29) is 11.6 Å². The molecule has 0 saturated carbocycles. The van der Waals surface area contributed by atoms with E-state index in [0.29, 0.717) is 6.54 Å². The van der Waals surface area contributed by atoms with Crippen LogP contribution in [0.4, 0.5) is 0 Å². The second-order valence-electron chi connectivity index (χ2n) is 2.88. The Hall–Kier alpha value is -0.660. The number of halogens is 1. The average Bonchev–Trinajstić information content (AvgIpc) is 2.16. The van der Waals surface area contributed by atoms with Crippen molar-refractivity contribution in [3.05, 3.63) is 32.9 Å². The Kier molecular flexibility index (Phi) is 3.85. The molecule has 14 heavy (non-hydrogen) atoms. The topological polar surface area (TPSA) is 89.3 Å². The summed E-state index contributed by atoms with van der Waals surface area (Å²) in [7, 11) is 0. The van der Waals surface area contributed by atoms with E-state index in [4.69, 9.17) is 16.6 Å². The largest absolute Gasteiger partial charge is 0.478 e. The van der Waals surface area contributed by atoms with E-state index in [1.165, 1.54) is 6.07 Å². The van der Waals surface area contributed by atoms with Gasteiger partial charge in [-0.15, -0.1) is 0 Å². The Balaban J connectivity index is 3.07. The van der Waals surface area contributed by atoms with Crippen molar-refractivity contribution in [1.29, 1.82) is 0 Å². The summed E-state index contributed by atoms with van der Waals surface area (Å²) in [6.07, 6.45) is 0. The van der Waals surface area contributed by atoms with Crippen LogP contribution in [-0.4, -0.2) is 17.6 Å². The van der Waals surface area contributed by atoms with Crippen LogP contribution in [0.15, 0.2) is 18.2 Å². The Morgan fingerprint density at radius 3 is 2.64 bits per heavy atom. The van der Waals surface area contributed by atoms with Crippen molar-refractivity contribution >= 4 is 28.6 Å². The third-order valence-corrected chi connectivity index (χ3v) is 2.84. The number of benzene rings is 1. The van der Waals surface area contributed by atoms with E-state index < -0.39 is 5.97 Å². The maximum Gasteiger partial charge on any atom is 0.335 e. The van der Waals surface area contributed by atoms with E-state index in [9.17, 15) is 4.79 Å². The van der Waals surface area contributed by atoms with Crippen molar-refractivity contribution in [2.45, 2.75) is 6.04 Å². The first-order valence-electron chi connectivity index (χ1n) is 4.04. The van der Waals surface area contributed by atoms with E-state index in [2.05, 4.69) is 22.6 Å². The van der Waals surface area contributed by atoms with Gasteiger partial charge in [0.05, 0.1) is 5.56 Å². The average molecular weight is 306 g/mol. The second-order valence-corrected chi connectivity index (χ2v) is 4.05. The molecular formula is C9H11IN2O2. The second kappa shape index (κ2) is 4.72. The highest BCUT2D eigenvalue weighted by Gasteiger charge is 2.10. The first-order valence-corrected chi connectivity index (χ1v) is 5.12. The molecule has 5 heteroatoms. The molecule has 1 atom stereocenters.